The van der Waals surface area contributed by atoms with Crippen LogP contribution in [0.1, 0.15) is 50.2 Å². The second-order valence-electron chi connectivity index (χ2n) is 8.72. The largest absolute Gasteiger partial charge is 0.493 e. The molecule has 1 aliphatic heterocycles. The topological polar surface area (TPSA) is 99.2 Å². The maximum absolute atomic E-state index is 13.3. The number of nitrogens with zero attached hydrogens (tertiary/aromatic N) is 2. The van der Waals surface area contributed by atoms with Crippen LogP contribution in [-0.2, 0) is 6.54 Å². The van der Waals surface area contributed by atoms with E-state index in [4.69, 9.17) is 14.2 Å². The van der Waals surface area contributed by atoms with Crippen molar-refractivity contribution in [1.29, 1.82) is 0 Å². The van der Waals surface area contributed by atoms with Crippen molar-refractivity contribution in [3.05, 3.63) is 63.6 Å². The van der Waals surface area contributed by atoms with Gasteiger partial charge in [0.05, 0.1) is 31.9 Å². The Morgan fingerprint density at radius 3 is 2.33 bits per heavy atom. The molecule has 0 spiro atoms. The summed E-state index contributed by atoms with van der Waals surface area (Å²) in [5, 5.41) is 5.36. The Hall–Kier alpha value is -3.93. The highest BCUT2D eigenvalue weighted by Gasteiger charge is 2.30. The first-order valence-corrected chi connectivity index (χ1v) is 13.1. The minimum Gasteiger partial charge on any atom is -0.493 e. The molecule has 2 heterocycles. The third-order valence-electron chi connectivity index (χ3n) is 6.42. The fourth-order valence-electron chi connectivity index (χ4n) is 4.41. The molecular weight excluding hydrogens is 532 g/mol. The molecule has 0 atom stereocenters. The van der Waals surface area contributed by atoms with Gasteiger partial charge >= 0.3 is 6.61 Å². The zero-order chi connectivity index (χ0) is 27.9. The number of likely N-dealkylation sites (tertiary alicyclic amines) is 1. The number of carbonyl (C=O) groups excluding carboxylic acids is 2. The summed E-state index contributed by atoms with van der Waals surface area (Å²) < 4.78 is 45.1. The molecule has 9 nitrogen and oxygen atoms in total. The summed E-state index contributed by atoms with van der Waals surface area (Å²) in [5.74, 6) is 0.891. The van der Waals surface area contributed by atoms with Gasteiger partial charge in [0.15, 0.2) is 11.5 Å². The first kappa shape index (κ1) is 28.1. The summed E-state index contributed by atoms with van der Waals surface area (Å²) in [6.45, 7) is -1.59. The fraction of sp³-hybridized carbons (Fsp3) is 0.370. The number of benzene rings is 2. The van der Waals surface area contributed by atoms with Gasteiger partial charge in [0.1, 0.15) is 11.4 Å². The van der Waals surface area contributed by atoms with Crippen LogP contribution in [-0.4, -0.2) is 62.7 Å². The third kappa shape index (κ3) is 6.56. The molecule has 1 saturated heterocycles. The Bertz CT molecular complexity index is 1290. The molecule has 0 aliphatic carbocycles. The van der Waals surface area contributed by atoms with E-state index >= 15 is 0 Å². The second-order valence-corrected chi connectivity index (χ2v) is 9.61. The molecule has 2 amide bonds. The summed E-state index contributed by atoms with van der Waals surface area (Å²) in [7, 11) is 4.50. The van der Waals surface area contributed by atoms with Crippen LogP contribution in [0, 0.1) is 0 Å². The van der Waals surface area contributed by atoms with Crippen molar-refractivity contribution in [1.82, 2.24) is 15.2 Å². The van der Waals surface area contributed by atoms with Crippen LogP contribution < -0.4 is 24.3 Å². The van der Waals surface area contributed by atoms with E-state index in [1.54, 1.807) is 34.5 Å². The highest BCUT2D eigenvalue weighted by atomic mass is 32.1. The van der Waals surface area contributed by atoms with E-state index in [1.807, 2.05) is 0 Å². The lowest BCUT2D eigenvalue weighted by Gasteiger charge is -2.31. The highest BCUT2D eigenvalue weighted by molar-refractivity contribution is 7.09. The Kier molecular flexibility index (Phi) is 9.18. The fourth-order valence-corrected chi connectivity index (χ4v) is 5.38. The first-order valence-electron chi connectivity index (χ1n) is 12.2. The quantitative estimate of drug-likeness (QED) is 0.383. The van der Waals surface area contributed by atoms with Gasteiger partial charge in [-0.2, -0.15) is 8.78 Å². The van der Waals surface area contributed by atoms with Crippen molar-refractivity contribution >= 4 is 23.2 Å². The lowest BCUT2D eigenvalue weighted by Crippen LogP contribution is -2.38. The van der Waals surface area contributed by atoms with Gasteiger partial charge in [0.2, 0.25) is 5.75 Å². The lowest BCUT2D eigenvalue weighted by molar-refractivity contribution is -0.0498. The maximum Gasteiger partial charge on any atom is 0.387 e. The normalized spacial score (nSPS) is 13.7. The number of halogens is 2. The van der Waals surface area contributed by atoms with Gasteiger partial charge in [0, 0.05) is 30.9 Å². The number of alkyl halides is 2. The molecule has 12 heteroatoms. The Balaban J connectivity index is 1.32. The number of nitrogens with one attached hydrogen (secondary N) is 1. The number of hydrogen-bond donors (Lipinski definition) is 1. The number of piperidine rings is 1. The number of aromatic nitrogens is 1. The second kappa shape index (κ2) is 12.7. The third-order valence-corrected chi connectivity index (χ3v) is 7.43. The maximum atomic E-state index is 13.3. The van der Waals surface area contributed by atoms with Crippen molar-refractivity contribution < 1.29 is 37.3 Å². The molecule has 3 aromatic rings. The van der Waals surface area contributed by atoms with Crippen LogP contribution in [0.4, 0.5) is 8.78 Å². The standard InChI is InChI=1S/C27H29F2N3O6S/c1-35-21-9-8-19(22(36-2)23(21)37-3)26(34)32-12-10-17(11-13-32)25-31-20(15-39-25)24(33)30-14-16-4-6-18(7-5-16)38-27(28)29/h4-9,15,17,27H,10-14H2,1-3H3,(H,30,33). The number of amides is 2. The van der Waals surface area contributed by atoms with Crippen molar-refractivity contribution in [3.63, 3.8) is 0 Å². The monoisotopic (exact) mass is 561 g/mol. The average molecular weight is 562 g/mol. The van der Waals surface area contributed by atoms with Crippen molar-refractivity contribution in [2.45, 2.75) is 31.9 Å². The number of thiazole rings is 1. The summed E-state index contributed by atoms with van der Waals surface area (Å²) in [6.07, 6.45) is 1.42. The molecule has 0 saturated carbocycles. The first-order chi connectivity index (χ1) is 18.8. The van der Waals surface area contributed by atoms with E-state index in [2.05, 4.69) is 15.0 Å². The highest BCUT2D eigenvalue weighted by Crippen LogP contribution is 2.41. The molecule has 0 bridgehead atoms. The van der Waals surface area contributed by atoms with Gasteiger partial charge in [0.25, 0.3) is 11.8 Å². The van der Waals surface area contributed by atoms with Crippen molar-refractivity contribution in [2.24, 2.45) is 0 Å². The Labute approximate surface area is 228 Å². The van der Waals surface area contributed by atoms with E-state index in [0.717, 1.165) is 10.6 Å². The molecule has 1 aliphatic rings. The molecule has 208 valence electrons. The van der Waals surface area contributed by atoms with E-state index < -0.39 is 6.61 Å². The number of rotatable bonds is 10. The van der Waals surface area contributed by atoms with Crippen molar-refractivity contribution in [3.8, 4) is 23.0 Å². The van der Waals surface area contributed by atoms with Crippen LogP contribution in [0.3, 0.4) is 0 Å². The molecule has 1 aromatic heterocycles. The van der Waals surface area contributed by atoms with E-state index in [-0.39, 0.29) is 30.0 Å². The molecule has 1 N–H and O–H groups in total. The van der Waals surface area contributed by atoms with Gasteiger partial charge in [-0.05, 0) is 42.7 Å². The molecule has 39 heavy (non-hydrogen) atoms. The van der Waals surface area contributed by atoms with Crippen molar-refractivity contribution in [2.75, 3.05) is 34.4 Å². The van der Waals surface area contributed by atoms with Crippen LogP contribution >= 0.6 is 11.3 Å². The number of carbonyl (C=O) groups is 2. The van der Waals surface area contributed by atoms with Crippen LogP contribution in [0.2, 0.25) is 0 Å². The minimum absolute atomic E-state index is 0.0554. The molecule has 0 unspecified atom stereocenters. The molecule has 2 aromatic carbocycles. The lowest BCUT2D eigenvalue weighted by atomic mass is 9.97. The Morgan fingerprint density at radius 1 is 1.03 bits per heavy atom. The SMILES string of the molecule is COc1ccc(C(=O)N2CCC(c3nc(C(=O)NCc4ccc(OC(F)F)cc4)cs3)CC2)c(OC)c1OC. The summed E-state index contributed by atoms with van der Waals surface area (Å²) in [5.41, 5.74) is 1.46. The summed E-state index contributed by atoms with van der Waals surface area (Å²) >= 11 is 1.42. The molecule has 1 fully saturated rings. The van der Waals surface area contributed by atoms with Gasteiger partial charge < -0.3 is 29.2 Å². The number of ether oxygens (including phenoxy) is 4. The van der Waals surface area contributed by atoms with Gasteiger partial charge in [-0.15, -0.1) is 11.3 Å². The van der Waals surface area contributed by atoms with Gasteiger partial charge in [-0.3, -0.25) is 9.59 Å². The zero-order valence-corrected chi connectivity index (χ0v) is 22.6. The van der Waals surface area contributed by atoms with Crippen LogP contribution in [0.5, 0.6) is 23.0 Å². The molecular formula is C27H29F2N3O6S. The van der Waals surface area contributed by atoms with E-state index in [0.29, 0.717) is 54.4 Å². The summed E-state index contributed by atoms with van der Waals surface area (Å²) in [4.78, 5) is 32.2. The van der Waals surface area contributed by atoms with Crippen LogP contribution in [0.25, 0.3) is 0 Å². The van der Waals surface area contributed by atoms with Crippen LogP contribution in [0.15, 0.2) is 41.8 Å². The predicted molar refractivity (Wildman–Crippen MR) is 140 cm³/mol. The van der Waals surface area contributed by atoms with Gasteiger partial charge in [-0.25, -0.2) is 4.98 Å². The predicted octanol–water partition coefficient (Wildman–Crippen LogP) is 4.72. The molecule has 0 radical (unpaired) electrons. The Morgan fingerprint density at radius 2 is 1.72 bits per heavy atom. The van der Waals surface area contributed by atoms with Gasteiger partial charge in [-0.1, -0.05) is 12.1 Å². The zero-order valence-electron chi connectivity index (χ0n) is 21.7. The number of hydrogen-bond acceptors (Lipinski definition) is 8. The minimum atomic E-state index is -2.89. The average Bonchev–Trinajstić information content (AvgIpc) is 3.45. The van der Waals surface area contributed by atoms with E-state index in [1.165, 1.54) is 44.8 Å². The number of methoxy groups -OCH3 is 3. The smallest absolute Gasteiger partial charge is 0.387 e. The van der Waals surface area contributed by atoms with E-state index in [9.17, 15) is 18.4 Å². The molecule has 4 rings (SSSR count). The summed E-state index contributed by atoms with van der Waals surface area (Å²) in [6, 6.07) is 9.42.